The van der Waals surface area contributed by atoms with Gasteiger partial charge in [0.25, 0.3) is 0 Å². The van der Waals surface area contributed by atoms with Gasteiger partial charge in [-0.15, -0.1) is 0 Å². The molecule has 1 unspecified atom stereocenters. The smallest absolute Gasteiger partial charge is 0.145 e. The summed E-state index contributed by atoms with van der Waals surface area (Å²) in [5.74, 6) is 0. The van der Waals surface area contributed by atoms with E-state index in [1.807, 2.05) is 84.9 Å². The lowest BCUT2D eigenvalue weighted by Crippen LogP contribution is -2.24. The van der Waals surface area contributed by atoms with E-state index in [2.05, 4.69) is 173 Å². The van der Waals surface area contributed by atoms with Gasteiger partial charge in [0.2, 0.25) is 0 Å². The molecule has 0 spiro atoms. The van der Waals surface area contributed by atoms with E-state index in [0.29, 0.717) is 22.3 Å². The lowest BCUT2D eigenvalue weighted by atomic mass is 9.91. The summed E-state index contributed by atoms with van der Waals surface area (Å²) in [6, 6.07) is 81.5. The van der Waals surface area contributed by atoms with Gasteiger partial charge in [0, 0.05) is 50.3 Å². The molecule has 2 heterocycles. The van der Waals surface area contributed by atoms with Crippen LogP contribution in [0.2, 0.25) is 0 Å². The second-order valence-corrected chi connectivity index (χ2v) is 16.2. The molecule has 1 N–H and O–H groups in total. The summed E-state index contributed by atoms with van der Waals surface area (Å²) in [6.45, 7) is 0. The van der Waals surface area contributed by atoms with E-state index >= 15 is 0 Å². The molecule has 6 heteroatoms. The quantitative estimate of drug-likeness (QED) is 0.157. The van der Waals surface area contributed by atoms with Crippen LogP contribution in [0.1, 0.15) is 34.0 Å². The molecule has 0 fully saturated rings. The van der Waals surface area contributed by atoms with E-state index in [9.17, 15) is 10.5 Å². The monoisotopic (exact) mass is 844 g/mol. The van der Waals surface area contributed by atoms with Gasteiger partial charge in [-0.25, -0.2) is 0 Å². The zero-order valence-electron chi connectivity index (χ0n) is 35.8. The average Bonchev–Trinajstić information content (AvgIpc) is 3.73. The summed E-state index contributed by atoms with van der Waals surface area (Å²) in [7, 11) is 0. The van der Waals surface area contributed by atoms with Crippen LogP contribution in [0.15, 0.2) is 236 Å². The van der Waals surface area contributed by atoms with E-state index in [0.717, 1.165) is 83.8 Å². The average molecular weight is 845 g/mol. The highest BCUT2D eigenvalue weighted by atomic mass is 15.1. The van der Waals surface area contributed by atoms with Gasteiger partial charge in [0.15, 0.2) is 0 Å². The Bertz CT molecular complexity index is 3500. The SMILES string of the molecule is N#Cc1cc(-c2ccc(-n3c4ccccc4c4cc(N(c5ccccc5)c5ccccc5)ccc43)cc2)c(C#N)cc1-c1ccc(C2=CC(c3ccccc3)=NC(c3ccccc3)N2)cc1. The highest BCUT2D eigenvalue weighted by Crippen LogP contribution is 2.40. The number of hydrogen-bond acceptors (Lipinski definition) is 5. The maximum absolute atomic E-state index is 10.5. The topological polar surface area (TPSA) is 80.1 Å². The number of hydrogen-bond donors (Lipinski definition) is 1. The number of rotatable bonds is 9. The Labute approximate surface area is 383 Å². The fraction of sp³-hybridized carbons (Fsp3) is 0.0167. The summed E-state index contributed by atoms with van der Waals surface area (Å²) in [5.41, 5.74) is 15.5. The first-order valence-electron chi connectivity index (χ1n) is 21.9. The van der Waals surface area contributed by atoms with E-state index in [-0.39, 0.29) is 6.17 Å². The lowest BCUT2D eigenvalue weighted by Gasteiger charge is -2.25. The van der Waals surface area contributed by atoms with E-state index in [4.69, 9.17) is 4.99 Å². The van der Waals surface area contributed by atoms with E-state index in [1.165, 1.54) is 0 Å². The molecule has 0 radical (unpaired) electrons. The highest BCUT2D eigenvalue weighted by Gasteiger charge is 2.21. The third-order valence-electron chi connectivity index (χ3n) is 12.3. The summed E-state index contributed by atoms with van der Waals surface area (Å²) in [4.78, 5) is 7.35. The Morgan fingerprint density at radius 1 is 0.455 bits per heavy atom. The number of nitriles is 2. The van der Waals surface area contributed by atoms with Gasteiger partial charge in [-0.3, -0.25) is 4.99 Å². The number of fused-ring (bicyclic) bond motifs is 3. The molecule has 0 aliphatic carbocycles. The molecule has 6 nitrogen and oxygen atoms in total. The Kier molecular flexibility index (Phi) is 10.3. The zero-order valence-corrected chi connectivity index (χ0v) is 35.8. The molecule has 310 valence electrons. The van der Waals surface area contributed by atoms with Gasteiger partial charge in [-0.05, 0) is 107 Å². The molecule has 1 aliphatic rings. The number of nitrogens with one attached hydrogen (secondary N) is 1. The van der Waals surface area contributed by atoms with Crippen molar-refractivity contribution in [3.63, 3.8) is 0 Å². The van der Waals surface area contributed by atoms with Crippen molar-refractivity contribution in [2.24, 2.45) is 4.99 Å². The van der Waals surface area contributed by atoms with Crippen LogP contribution in [0, 0.1) is 22.7 Å². The molecular formula is C60H40N6. The Hall–Kier alpha value is -9.23. The molecule has 1 aromatic heterocycles. The second-order valence-electron chi connectivity index (χ2n) is 16.2. The number of allylic oxidation sites excluding steroid dienone is 1. The molecule has 10 aromatic rings. The van der Waals surface area contributed by atoms with Crippen molar-refractivity contribution in [1.29, 1.82) is 10.5 Å². The molecule has 0 saturated carbocycles. The number of aliphatic imine (C=N–C) groups is 1. The van der Waals surface area contributed by atoms with Crippen molar-refractivity contribution < 1.29 is 0 Å². The van der Waals surface area contributed by atoms with Gasteiger partial charge in [-0.2, -0.15) is 10.5 Å². The molecule has 11 rings (SSSR count). The van der Waals surface area contributed by atoms with E-state index < -0.39 is 0 Å². The normalized spacial score (nSPS) is 13.3. The maximum Gasteiger partial charge on any atom is 0.145 e. The predicted molar refractivity (Wildman–Crippen MR) is 269 cm³/mol. The summed E-state index contributed by atoms with van der Waals surface area (Å²) >= 11 is 0. The molecule has 0 amide bonds. The van der Waals surface area contributed by atoms with Gasteiger partial charge < -0.3 is 14.8 Å². The van der Waals surface area contributed by atoms with Gasteiger partial charge >= 0.3 is 0 Å². The van der Waals surface area contributed by atoms with Crippen molar-refractivity contribution in [1.82, 2.24) is 9.88 Å². The number of para-hydroxylation sites is 3. The van der Waals surface area contributed by atoms with Crippen molar-refractivity contribution >= 4 is 50.3 Å². The molecule has 0 saturated heterocycles. The van der Waals surface area contributed by atoms with Crippen LogP contribution in [-0.2, 0) is 0 Å². The lowest BCUT2D eigenvalue weighted by molar-refractivity contribution is 0.664. The Morgan fingerprint density at radius 2 is 0.970 bits per heavy atom. The van der Waals surface area contributed by atoms with Gasteiger partial charge in [0.1, 0.15) is 6.17 Å². The molecule has 9 aromatic carbocycles. The van der Waals surface area contributed by atoms with Crippen molar-refractivity contribution in [3.05, 3.63) is 258 Å². The van der Waals surface area contributed by atoms with Crippen LogP contribution in [0.4, 0.5) is 17.1 Å². The predicted octanol–water partition coefficient (Wildman–Crippen LogP) is 14.5. The second kappa shape index (κ2) is 17.1. The minimum atomic E-state index is -0.252. The highest BCUT2D eigenvalue weighted by molar-refractivity contribution is 6.13. The van der Waals surface area contributed by atoms with Gasteiger partial charge in [-0.1, -0.05) is 152 Å². The minimum absolute atomic E-state index is 0.252. The third kappa shape index (κ3) is 7.35. The van der Waals surface area contributed by atoms with E-state index in [1.54, 1.807) is 0 Å². The first-order valence-corrected chi connectivity index (χ1v) is 21.9. The zero-order chi connectivity index (χ0) is 44.4. The van der Waals surface area contributed by atoms with Crippen molar-refractivity contribution in [2.75, 3.05) is 4.90 Å². The Morgan fingerprint density at radius 3 is 1.58 bits per heavy atom. The van der Waals surface area contributed by atoms with Crippen LogP contribution in [-0.4, -0.2) is 10.3 Å². The van der Waals surface area contributed by atoms with Crippen LogP contribution >= 0.6 is 0 Å². The molecular weight excluding hydrogens is 805 g/mol. The van der Waals surface area contributed by atoms with Crippen molar-refractivity contribution in [2.45, 2.75) is 6.17 Å². The standard InChI is InChI=1S/C60H40N6/c61-39-46-36-54(47(40-62)35-53(46)41-25-27-44(28-26-41)57-38-56(43-15-5-1-6-16-43)63-60(64-57)45-17-7-2-8-18-45)42-29-31-50(32-30-42)66-58-24-14-13-23-52(58)55-37-51(33-34-59(55)66)65(48-19-9-3-10-20-48)49-21-11-4-12-22-49/h1-38,60,64H. The Balaban J connectivity index is 0.914. The van der Waals surface area contributed by atoms with Crippen LogP contribution < -0.4 is 10.2 Å². The summed E-state index contributed by atoms with van der Waals surface area (Å²) < 4.78 is 2.29. The summed E-state index contributed by atoms with van der Waals surface area (Å²) in [6.07, 6.45) is 1.83. The molecule has 1 aliphatic heterocycles. The first-order chi connectivity index (χ1) is 32.6. The number of nitrogens with zero attached hydrogens (tertiary/aromatic N) is 5. The fourth-order valence-electron chi connectivity index (χ4n) is 9.12. The summed E-state index contributed by atoms with van der Waals surface area (Å²) in [5, 5.41) is 27.0. The number of benzene rings is 9. The maximum atomic E-state index is 10.5. The third-order valence-corrected chi connectivity index (χ3v) is 12.3. The fourth-order valence-corrected chi connectivity index (χ4v) is 9.12. The van der Waals surface area contributed by atoms with Crippen LogP contribution in [0.5, 0.6) is 0 Å². The molecule has 1 atom stereocenters. The van der Waals surface area contributed by atoms with Crippen molar-refractivity contribution in [3.8, 4) is 40.1 Å². The first kappa shape index (κ1) is 39.6. The largest absolute Gasteiger partial charge is 0.360 e. The van der Waals surface area contributed by atoms with Crippen LogP contribution in [0.3, 0.4) is 0 Å². The number of aromatic nitrogens is 1. The molecule has 0 bridgehead atoms. The van der Waals surface area contributed by atoms with Gasteiger partial charge in [0.05, 0.1) is 40.0 Å². The molecule has 66 heavy (non-hydrogen) atoms. The number of anilines is 3. The van der Waals surface area contributed by atoms with Crippen LogP contribution in [0.25, 0.3) is 55.4 Å². The minimum Gasteiger partial charge on any atom is -0.360 e.